The average Bonchev–Trinajstić information content (AvgIpc) is 2.76. The van der Waals surface area contributed by atoms with Crippen LogP contribution in [-0.4, -0.2) is 22.5 Å². The Hall–Kier alpha value is -3.20. The van der Waals surface area contributed by atoms with Gasteiger partial charge in [-0.15, -0.1) is 0 Å². The largest absolute Gasteiger partial charge is 0.410 e. The molecule has 21 heavy (non-hydrogen) atoms. The van der Waals surface area contributed by atoms with Crippen LogP contribution < -0.4 is 5.73 Å². The third-order valence-corrected chi connectivity index (χ3v) is 3.18. The van der Waals surface area contributed by atoms with Crippen LogP contribution in [0.4, 0.5) is 0 Å². The number of aliphatic imine (C=N–C) groups is 1. The number of hydrogen-bond donors (Lipinski definition) is 2. The molecule has 6 nitrogen and oxygen atoms in total. The fraction of sp³-hybridized carbons (Fsp3) is 0.0667. The third kappa shape index (κ3) is 2.32. The SMILES string of the molecule is C=C(C(N)=O)/C(C#N)=N\C1=C(C)c2ccccc2/C1=N\O. The van der Waals surface area contributed by atoms with E-state index in [0.717, 1.165) is 11.1 Å². The van der Waals surface area contributed by atoms with E-state index in [-0.39, 0.29) is 17.0 Å². The highest BCUT2D eigenvalue weighted by atomic mass is 16.4. The van der Waals surface area contributed by atoms with Gasteiger partial charge in [-0.1, -0.05) is 36.0 Å². The Kier molecular flexibility index (Phi) is 3.67. The number of benzene rings is 1. The van der Waals surface area contributed by atoms with Gasteiger partial charge in [-0.25, -0.2) is 4.99 Å². The minimum absolute atomic E-state index is 0.189. The number of hydrogen-bond acceptors (Lipinski definition) is 5. The van der Waals surface area contributed by atoms with Gasteiger partial charge in [-0.05, 0) is 18.1 Å². The quantitative estimate of drug-likeness (QED) is 0.379. The summed E-state index contributed by atoms with van der Waals surface area (Å²) in [6.07, 6.45) is 0. The van der Waals surface area contributed by atoms with E-state index < -0.39 is 5.91 Å². The summed E-state index contributed by atoms with van der Waals surface area (Å²) in [4.78, 5) is 15.2. The first kappa shape index (κ1) is 14.2. The van der Waals surface area contributed by atoms with Gasteiger partial charge in [0.2, 0.25) is 0 Å². The number of oxime groups is 1. The van der Waals surface area contributed by atoms with Crippen molar-refractivity contribution in [2.45, 2.75) is 6.92 Å². The second kappa shape index (κ2) is 5.43. The van der Waals surface area contributed by atoms with Crippen LogP contribution in [0.1, 0.15) is 18.1 Å². The van der Waals surface area contributed by atoms with Crippen molar-refractivity contribution in [3.05, 3.63) is 53.2 Å². The highest BCUT2D eigenvalue weighted by Crippen LogP contribution is 2.33. The van der Waals surface area contributed by atoms with Crippen LogP contribution >= 0.6 is 0 Å². The van der Waals surface area contributed by atoms with Gasteiger partial charge < -0.3 is 10.9 Å². The van der Waals surface area contributed by atoms with Crippen molar-refractivity contribution < 1.29 is 10.0 Å². The Morgan fingerprint density at radius 3 is 2.52 bits per heavy atom. The molecule has 1 aliphatic rings. The molecule has 0 aromatic heterocycles. The fourth-order valence-corrected chi connectivity index (χ4v) is 2.08. The molecule has 0 radical (unpaired) electrons. The van der Waals surface area contributed by atoms with Crippen molar-refractivity contribution in [2.75, 3.05) is 0 Å². The Morgan fingerprint density at radius 2 is 2.00 bits per heavy atom. The Bertz CT molecular complexity index is 779. The summed E-state index contributed by atoms with van der Waals surface area (Å²) >= 11 is 0. The van der Waals surface area contributed by atoms with Gasteiger partial charge in [-0.2, -0.15) is 5.26 Å². The van der Waals surface area contributed by atoms with Gasteiger partial charge >= 0.3 is 0 Å². The zero-order valence-corrected chi connectivity index (χ0v) is 11.3. The first-order chi connectivity index (χ1) is 10.0. The lowest BCUT2D eigenvalue weighted by atomic mass is 10.1. The zero-order chi connectivity index (χ0) is 15.6. The lowest BCUT2D eigenvalue weighted by molar-refractivity contribution is -0.114. The minimum Gasteiger partial charge on any atom is -0.410 e. The third-order valence-electron chi connectivity index (χ3n) is 3.18. The van der Waals surface area contributed by atoms with Crippen molar-refractivity contribution in [3.8, 4) is 6.07 Å². The Morgan fingerprint density at radius 1 is 1.38 bits per heavy atom. The first-order valence-corrected chi connectivity index (χ1v) is 6.02. The van der Waals surface area contributed by atoms with Crippen molar-refractivity contribution in [3.63, 3.8) is 0 Å². The molecule has 104 valence electrons. The van der Waals surface area contributed by atoms with Crippen LogP contribution in [0.15, 0.2) is 52.3 Å². The maximum Gasteiger partial charge on any atom is 0.251 e. The smallest absolute Gasteiger partial charge is 0.251 e. The van der Waals surface area contributed by atoms with Crippen molar-refractivity contribution in [1.82, 2.24) is 0 Å². The summed E-state index contributed by atoms with van der Waals surface area (Å²) in [5.74, 6) is -0.827. The monoisotopic (exact) mass is 280 g/mol. The summed E-state index contributed by atoms with van der Waals surface area (Å²) in [5.41, 5.74) is 7.57. The maximum atomic E-state index is 11.1. The molecule has 0 bridgehead atoms. The van der Waals surface area contributed by atoms with E-state index in [9.17, 15) is 10.0 Å². The van der Waals surface area contributed by atoms with E-state index >= 15 is 0 Å². The molecular weight excluding hydrogens is 268 g/mol. The number of carbonyl (C=O) groups is 1. The van der Waals surface area contributed by atoms with E-state index in [1.54, 1.807) is 25.1 Å². The zero-order valence-electron chi connectivity index (χ0n) is 11.3. The predicted octanol–water partition coefficient (Wildman–Crippen LogP) is 1.62. The molecule has 2 rings (SSSR count). The lowest BCUT2D eigenvalue weighted by Gasteiger charge is -2.01. The number of amides is 1. The number of nitrogens with two attached hydrogens (primary N) is 1. The normalized spacial score (nSPS) is 15.8. The number of fused-ring (bicyclic) bond motifs is 1. The molecule has 0 fully saturated rings. The molecule has 1 aromatic carbocycles. The molecule has 0 heterocycles. The predicted molar refractivity (Wildman–Crippen MR) is 78.7 cm³/mol. The second-order valence-electron chi connectivity index (χ2n) is 4.38. The number of allylic oxidation sites excluding steroid dienone is 2. The molecule has 0 saturated heterocycles. The molecule has 0 atom stereocenters. The van der Waals surface area contributed by atoms with Crippen molar-refractivity contribution in [1.29, 1.82) is 5.26 Å². The highest BCUT2D eigenvalue weighted by molar-refractivity contribution is 6.30. The number of nitriles is 1. The topological polar surface area (TPSA) is 112 Å². The van der Waals surface area contributed by atoms with E-state index in [0.29, 0.717) is 11.3 Å². The molecule has 1 amide bonds. The van der Waals surface area contributed by atoms with Gasteiger partial charge in [0.15, 0.2) is 5.71 Å². The summed E-state index contributed by atoms with van der Waals surface area (Å²) < 4.78 is 0. The number of carbonyl (C=O) groups excluding carboxylic acids is 1. The standard InChI is InChI=1S/C15H12N4O2/c1-8-10-5-3-4-6-11(10)14(19-21)13(8)18-12(7-16)9(2)15(17)20/h3-6,21H,2H2,1H3,(H2,17,20)/b18-12-,19-14+. The molecule has 1 aliphatic carbocycles. The summed E-state index contributed by atoms with van der Waals surface area (Å²) in [7, 11) is 0. The summed E-state index contributed by atoms with van der Waals surface area (Å²) in [6, 6.07) is 9.07. The van der Waals surface area contributed by atoms with Crippen LogP contribution in [0, 0.1) is 11.3 Å². The molecule has 0 spiro atoms. The molecule has 6 heteroatoms. The molecule has 0 aliphatic heterocycles. The maximum absolute atomic E-state index is 11.1. The highest BCUT2D eigenvalue weighted by Gasteiger charge is 2.26. The van der Waals surface area contributed by atoms with Gasteiger partial charge in [0.25, 0.3) is 5.91 Å². The lowest BCUT2D eigenvalue weighted by Crippen LogP contribution is -2.19. The summed E-state index contributed by atoms with van der Waals surface area (Å²) in [5, 5.41) is 21.6. The van der Waals surface area contributed by atoms with Crippen LogP contribution in [0.2, 0.25) is 0 Å². The Labute approximate surface area is 121 Å². The second-order valence-corrected chi connectivity index (χ2v) is 4.38. The van der Waals surface area contributed by atoms with Crippen molar-refractivity contribution >= 4 is 22.9 Å². The molecular formula is C15H12N4O2. The van der Waals surface area contributed by atoms with E-state index in [4.69, 9.17) is 11.0 Å². The van der Waals surface area contributed by atoms with E-state index in [2.05, 4.69) is 16.7 Å². The van der Waals surface area contributed by atoms with E-state index in [1.165, 1.54) is 0 Å². The minimum atomic E-state index is -0.827. The van der Waals surface area contributed by atoms with Crippen LogP contribution in [0.25, 0.3) is 5.57 Å². The number of nitrogens with zero attached hydrogens (tertiary/aromatic N) is 3. The summed E-state index contributed by atoms with van der Waals surface area (Å²) in [6.45, 7) is 5.23. The van der Waals surface area contributed by atoms with Gasteiger partial charge in [0.1, 0.15) is 11.8 Å². The first-order valence-electron chi connectivity index (χ1n) is 6.02. The number of primary amides is 1. The molecule has 1 aromatic rings. The van der Waals surface area contributed by atoms with Crippen molar-refractivity contribution in [2.24, 2.45) is 15.9 Å². The molecule has 3 N–H and O–H groups in total. The van der Waals surface area contributed by atoms with Gasteiger partial charge in [0, 0.05) is 5.56 Å². The molecule has 0 unspecified atom stereocenters. The van der Waals surface area contributed by atoms with E-state index in [1.807, 2.05) is 12.1 Å². The number of rotatable bonds is 3. The fourth-order valence-electron chi connectivity index (χ4n) is 2.08. The van der Waals surface area contributed by atoms with Crippen LogP contribution in [-0.2, 0) is 4.79 Å². The molecule has 0 saturated carbocycles. The van der Waals surface area contributed by atoms with Crippen LogP contribution in [0.3, 0.4) is 0 Å². The van der Waals surface area contributed by atoms with Crippen LogP contribution in [0.5, 0.6) is 0 Å². The van der Waals surface area contributed by atoms with Gasteiger partial charge in [-0.3, -0.25) is 4.79 Å². The average molecular weight is 280 g/mol. The Balaban J connectivity index is 2.60. The van der Waals surface area contributed by atoms with Gasteiger partial charge in [0.05, 0.1) is 11.3 Å².